The summed E-state index contributed by atoms with van der Waals surface area (Å²) in [5, 5.41) is 17.4. The van der Waals surface area contributed by atoms with Gasteiger partial charge in [0.25, 0.3) is 0 Å². The van der Waals surface area contributed by atoms with Crippen LogP contribution in [0.2, 0.25) is 0 Å². The van der Waals surface area contributed by atoms with E-state index in [0.717, 1.165) is 11.8 Å². The predicted molar refractivity (Wildman–Crippen MR) is 90.5 cm³/mol. The number of ether oxygens (including phenoxy) is 2. The first kappa shape index (κ1) is 17.9. The summed E-state index contributed by atoms with van der Waals surface area (Å²) in [6, 6.07) is 7.39. The lowest BCUT2D eigenvalue weighted by atomic mass is 10.3. The van der Waals surface area contributed by atoms with Crippen LogP contribution in [0.15, 0.2) is 42.1 Å². The van der Waals surface area contributed by atoms with Crippen molar-refractivity contribution >= 4 is 17.7 Å². The Kier molecular flexibility index (Phi) is 6.68. The molecule has 0 bridgehead atoms. The second-order valence-electron chi connectivity index (χ2n) is 4.65. The number of carboxylic acid groups (broad SMARTS) is 1. The molecule has 0 saturated carbocycles. The third kappa shape index (κ3) is 4.76. The third-order valence-corrected chi connectivity index (χ3v) is 3.89. The van der Waals surface area contributed by atoms with Crippen LogP contribution >= 0.6 is 11.8 Å². The molecule has 128 valence electrons. The van der Waals surface area contributed by atoms with Crippen LogP contribution in [0, 0.1) is 0 Å². The molecule has 7 nitrogen and oxygen atoms in total. The first-order valence-electron chi connectivity index (χ1n) is 7.37. The number of carboxylic acids is 1. The number of allylic oxidation sites excluding steroid dienone is 1. The Hall–Kier alpha value is -2.48. The topological polar surface area (TPSA) is 86.5 Å². The van der Waals surface area contributed by atoms with E-state index in [1.807, 2.05) is 31.2 Å². The van der Waals surface area contributed by atoms with Crippen molar-refractivity contribution in [3.05, 3.63) is 42.7 Å². The molecule has 0 aliphatic heterocycles. The summed E-state index contributed by atoms with van der Waals surface area (Å²) in [6.45, 7) is 6.82. The zero-order valence-electron chi connectivity index (χ0n) is 13.3. The maximum absolute atomic E-state index is 10.7. The molecule has 24 heavy (non-hydrogen) atoms. The summed E-state index contributed by atoms with van der Waals surface area (Å²) in [7, 11) is 0. The number of hydrogen-bond donors (Lipinski definition) is 1. The molecule has 0 saturated heterocycles. The summed E-state index contributed by atoms with van der Waals surface area (Å²) < 4.78 is 13.1. The highest BCUT2D eigenvalue weighted by molar-refractivity contribution is 7.99. The summed E-state index contributed by atoms with van der Waals surface area (Å²) in [5.74, 6) is 0.886. The van der Waals surface area contributed by atoms with Crippen molar-refractivity contribution in [1.82, 2.24) is 14.8 Å². The molecule has 1 N–H and O–H groups in total. The summed E-state index contributed by atoms with van der Waals surface area (Å²) in [4.78, 5) is 10.7. The number of rotatable bonds is 10. The molecule has 0 radical (unpaired) electrons. The van der Waals surface area contributed by atoms with Crippen LogP contribution in [0.1, 0.15) is 12.7 Å². The van der Waals surface area contributed by atoms with Crippen molar-refractivity contribution in [1.29, 1.82) is 0 Å². The second-order valence-corrected chi connectivity index (χ2v) is 5.59. The van der Waals surface area contributed by atoms with Crippen molar-refractivity contribution in [2.24, 2.45) is 0 Å². The minimum Gasteiger partial charge on any atom is -0.490 e. The Bertz CT molecular complexity index is 702. The number of benzene rings is 1. The van der Waals surface area contributed by atoms with E-state index < -0.39 is 5.97 Å². The highest BCUT2D eigenvalue weighted by Gasteiger charge is 2.14. The molecule has 0 aliphatic rings. The molecular formula is C16H19N3O4S. The highest BCUT2D eigenvalue weighted by Crippen LogP contribution is 2.27. The van der Waals surface area contributed by atoms with Gasteiger partial charge in [-0.15, -0.1) is 16.8 Å². The van der Waals surface area contributed by atoms with Crippen molar-refractivity contribution in [3.63, 3.8) is 0 Å². The quantitative estimate of drug-likeness (QED) is 0.521. The highest BCUT2D eigenvalue weighted by atomic mass is 32.2. The van der Waals surface area contributed by atoms with E-state index in [2.05, 4.69) is 16.8 Å². The molecule has 0 amide bonds. The smallest absolute Gasteiger partial charge is 0.313 e. The molecule has 1 aromatic heterocycles. The molecule has 0 aliphatic carbocycles. The molecule has 2 rings (SSSR count). The van der Waals surface area contributed by atoms with Gasteiger partial charge < -0.3 is 14.6 Å². The second kappa shape index (κ2) is 8.97. The van der Waals surface area contributed by atoms with E-state index in [1.165, 1.54) is 0 Å². The van der Waals surface area contributed by atoms with Crippen LogP contribution in [0.3, 0.4) is 0 Å². The maximum atomic E-state index is 10.7. The zero-order chi connectivity index (χ0) is 17.4. The number of thioether (sulfide) groups is 1. The third-order valence-electron chi connectivity index (χ3n) is 2.94. The van der Waals surface area contributed by atoms with Gasteiger partial charge in [0.05, 0.1) is 12.4 Å². The monoisotopic (exact) mass is 349 g/mol. The van der Waals surface area contributed by atoms with E-state index in [0.29, 0.717) is 35.6 Å². The Morgan fingerprint density at radius 2 is 2.04 bits per heavy atom. The van der Waals surface area contributed by atoms with E-state index >= 15 is 0 Å². The Balaban J connectivity index is 2.12. The fourth-order valence-electron chi connectivity index (χ4n) is 1.96. The Morgan fingerprint density at radius 1 is 1.33 bits per heavy atom. The summed E-state index contributed by atoms with van der Waals surface area (Å²) in [5.41, 5.74) is 0. The minimum absolute atomic E-state index is 0.0801. The van der Waals surface area contributed by atoms with E-state index in [9.17, 15) is 4.79 Å². The minimum atomic E-state index is -0.906. The van der Waals surface area contributed by atoms with Crippen molar-refractivity contribution in [3.8, 4) is 11.5 Å². The number of aliphatic carboxylic acids is 1. The Morgan fingerprint density at radius 3 is 2.67 bits per heavy atom. The molecule has 1 aromatic carbocycles. The molecule has 0 atom stereocenters. The van der Waals surface area contributed by atoms with Crippen molar-refractivity contribution in [2.45, 2.75) is 25.2 Å². The lowest BCUT2D eigenvalue weighted by Crippen LogP contribution is -2.09. The first-order chi connectivity index (χ1) is 11.7. The lowest BCUT2D eigenvalue weighted by Gasteiger charge is -2.12. The average Bonchev–Trinajstić information content (AvgIpc) is 2.95. The van der Waals surface area contributed by atoms with Gasteiger partial charge in [0.1, 0.15) is 6.61 Å². The van der Waals surface area contributed by atoms with Crippen LogP contribution in [0.25, 0.3) is 0 Å². The fourth-order valence-corrected chi connectivity index (χ4v) is 2.64. The summed E-state index contributed by atoms with van der Waals surface area (Å²) >= 11 is 1.11. The van der Waals surface area contributed by atoms with Gasteiger partial charge in [-0.1, -0.05) is 30.0 Å². The Labute approximate surface area is 144 Å². The first-order valence-corrected chi connectivity index (χ1v) is 8.36. The van der Waals surface area contributed by atoms with Crippen LogP contribution in [0.5, 0.6) is 11.5 Å². The van der Waals surface area contributed by atoms with Crippen LogP contribution in [-0.2, 0) is 17.9 Å². The number of nitrogens with zero attached hydrogens (tertiary/aromatic N) is 3. The number of hydrogen-bond acceptors (Lipinski definition) is 6. The molecule has 0 spiro atoms. The van der Waals surface area contributed by atoms with Gasteiger partial charge in [0, 0.05) is 6.54 Å². The predicted octanol–water partition coefficient (Wildman–Crippen LogP) is 2.62. The van der Waals surface area contributed by atoms with Crippen molar-refractivity contribution in [2.75, 3.05) is 12.4 Å². The standard InChI is InChI=1S/C16H19N3O4S/c1-3-9-19-14(17-18-16(19)24-11-15(20)21)10-23-13-8-6-5-7-12(13)22-4-2/h3,5-8H,1,4,9-11H2,2H3,(H,20,21). The van der Waals surface area contributed by atoms with Gasteiger partial charge in [0.15, 0.2) is 22.5 Å². The molecule has 1 heterocycles. The number of aromatic nitrogens is 3. The SMILES string of the molecule is C=CCn1c(COc2ccccc2OCC)nnc1SCC(=O)O. The van der Waals surface area contributed by atoms with Gasteiger partial charge in [-0.2, -0.15) is 0 Å². The van der Waals surface area contributed by atoms with E-state index in [-0.39, 0.29) is 12.4 Å². The molecule has 8 heteroatoms. The fraction of sp³-hybridized carbons (Fsp3) is 0.312. The normalized spacial score (nSPS) is 10.4. The van der Waals surface area contributed by atoms with Gasteiger partial charge in [0.2, 0.25) is 0 Å². The van der Waals surface area contributed by atoms with Gasteiger partial charge in [-0.05, 0) is 19.1 Å². The average molecular weight is 349 g/mol. The van der Waals surface area contributed by atoms with Crippen LogP contribution < -0.4 is 9.47 Å². The van der Waals surface area contributed by atoms with Crippen LogP contribution in [-0.4, -0.2) is 38.2 Å². The van der Waals surface area contributed by atoms with E-state index in [1.54, 1.807) is 10.6 Å². The summed E-state index contributed by atoms with van der Waals surface area (Å²) in [6.07, 6.45) is 1.70. The molecular weight excluding hydrogens is 330 g/mol. The number of para-hydroxylation sites is 2. The van der Waals surface area contributed by atoms with Gasteiger partial charge in [-0.3, -0.25) is 9.36 Å². The molecule has 2 aromatic rings. The molecule has 0 fully saturated rings. The van der Waals surface area contributed by atoms with Crippen molar-refractivity contribution < 1.29 is 19.4 Å². The molecule has 0 unspecified atom stereocenters. The van der Waals surface area contributed by atoms with Gasteiger partial charge >= 0.3 is 5.97 Å². The van der Waals surface area contributed by atoms with E-state index in [4.69, 9.17) is 14.6 Å². The number of carbonyl (C=O) groups is 1. The van der Waals surface area contributed by atoms with Gasteiger partial charge in [-0.25, -0.2) is 0 Å². The lowest BCUT2D eigenvalue weighted by molar-refractivity contribution is -0.133. The maximum Gasteiger partial charge on any atom is 0.313 e. The van der Waals surface area contributed by atoms with Crippen LogP contribution in [0.4, 0.5) is 0 Å². The zero-order valence-corrected chi connectivity index (χ0v) is 14.2. The largest absolute Gasteiger partial charge is 0.490 e.